The average molecular weight is 332 g/mol. The first-order valence-corrected chi connectivity index (χ1v) is 7.73. The van der Waals surface area contributed by atoms with Crippen LogP contribution in [0.2, 0.25) is 0 Å². The highest BCUT2D eigenvalue weighted by molar-refractivity contribution is 5.78. The second kappa shape index (κ2) is 6.06. The van der Waals surface area contributed by atoms with Crippen LogP contribution >= 0.6 is 0 Å². The highest BCUT2D eigenvalue weighted by Gasteiger charge is 2.30. The number of nitrogens with one attached hydrogen (secondary N) is 1. The van der Waals surface area contributed by atoms with Gasteiger partial charge in [-0.05, 0) is 27.2 Å². The normalized spacial score (nSPS) is 18.0. The number of aromatic hydroxyl groups is 1. The van der Waals surface area contributed by atoms with E-state index in [9.17, 15) is 9.90 Å². The standard InChI is InChI=1S/C15H20N6O3/c1-15(2,3)24-14(23)21-5-4-9(7-21)19-13-16-6-10-11(20-13)12(22)18-8-17-10/h6,8-9H,4-5,7H2,1-3H3,(H,16,19,20)(H,17,18,22). The van der Waals surface area contributed by atoms with Crippen molar-refractivity contribution in [3.05, 3.63) is 12.5 Å². The zero-order valence-electron chi connectivity index (χ0n) is 13.9. The van der Waals surface area contributed by atoms with Crippen molar-refractivity contribution in [3.8, 4) is 5.88 Å². The molecule has 2 aromatic heterocycles. The Morgan fingerprint density at radius 2 is 2.17 bits per heavy atom. The third-order valence-electron chi connectivity index (χ3n) is 3.53. The number of hydrogen-bond donors (Lipinski definition) is 2. The van der Waals surface area contributed by atoms with E-state index in [1.165, 1.54) is 12.5 Å². The molecule has 3 rings (SSSR count). The van der Waals surface area contributed by atoms with Gasteiger partial charge in [-0.2, -0.15) is 0 Å². The maximum Gasteiger partial charge on any atom is 0.410 e. The summed E-state index contributed by atoms with van der Waals surface area (Å²) in [6.07, 6.45) is 3.21. The molecule has 0 aliphatic carbocycles. The van der Waals surface area contributed by atoms with Crippen LogP contribution in [0.25, 0.3) is 11.0 Å². The molecule has 1 aliphatic heterocycles. The Morgan fingerprint density at radius 1 is 1.38 bits per heavy atom. The molecule has 3 heterocycles. The van der Waals surface area contributed by atoms with Gasteiger partial charge in [0.15, 0.2) is 5.52 Å². The summed E-state index contributed by atoms with van der Waals surface area (Å²) >= 11 is 0. The Labute approximate surface area is 139 Å². The fourth-order valence-corrected chi connectivity index (χ4v) is 2.46. The second-order valence-corrected chi connectivity index (χ2v) is 6.68. The highest BCUT2D eigenvalue weighted by atomic mass is 16.6. The number of likely N-dealkylation sites (tertiary alicyclic amines) is 1. The molecule has 1 fully saturated rings. The zero-order chi connectivity index (χ0) is 17.3. The Morgan fingerprint density at radius 3 is 2.92 bits per heavy atom. The third-order valence-corrected chi connectivity index (χ3v) is 3.53. The van der Waals surface area contributed by atoms with Gasteiger partial charge in [0.1, 0.15) is 17.4 Å². The van der Waals surface area contributed by atoms with Crippen LogP contribution in [0.5, 0.6) is 5.88 Å². The molecule has 1 aliphatic rings. The zero-order valence-corrected chi connectivity index (χ0v) is 13.9. The second-order valence-electron chi connectivity index (χ2n) is 6.68. The van der Waals surface area contributed by atoms with Crippen molar-refractivity contribution in [3.63, 3.8) is 0 Å². The van der Waals surface area contributed by atoms with Gasteiger partial charge in [-0.1, -0.05) is 0 Å². The minimum atomic E-state index is -0.512. The summed E-state index contributed by atoms with van der Waals surface area (Å²) < 4.78 is 5.37. The number of aromatic nitrogens is 4. The number of carbonyl (C=O) groups excluding carboxylic acids is 1. The summed E-state index contributed by atoms with van der Waals surface area (Å²) in [5.41, 5.74) is 0.244. The molecule has 0 spiro atoms. The van der Waals surface area contributed by atoms with Crippen molar-refractivity contribution in [2.75, 3.05) is 18.4 Å². The molecule has 128 valence electrons. The minimum absolute atomic E-state index is 0.0155. The van der Waals surface area contributed by atoms with E-state index >= 15 is 0 Å². The quantitative estimate of drug-likeness (QED) is 0.851. The van der Waals surface area contributed by atoms with Crippen molar-refractivity contribution >= 4 is 23.1 Å². The van der Waals surface area contributed by atoms with Crippen LogP contribution in [-0.4, -0.2) is 60.8 Å². The van der Waals surface area contributed by atoms with E-state index in [1.54, 1.807) is 4.90 Å². The minimum Gasteiger partial charge on any atom is -0.492 e. The first kappa shape index (κ1) is 16.2. The van der Waals surface area contributed by atoms with Crippen LogP contribution in [-0.2, 0) is 4.74 Å². The summed E-state index contributed by atoms with van der Waals surface area (Å²) in [7, 11) is 0. The SMILES string of the molecule is CC(C)(C)OC(=O)N1CCC(Nc2ncc3ncnc(O)c3n2)C1. The number of hydrogen-bond acceptors (Lipinski definition) is 8. The van der Waals surface area contributed by atoms with Gasteiger partial charge in [0, 0.05) is 19.1 Å². The van der Waals surface area contributed by atoms with E-state index in [0.29, 0.717) is 24.6 Å². The predicted molar refractivity (Wildman–Crippen MR) is 86.6 cm³/mol. The van der Waals surface area contributed by atoms with Crippen LogP contribution in [0.3, 0.4) is 0 Å². The molecule has 0 aromatic carbocycles. The first-order valence-electron chi connectivity index (χ1n) is 7.73. The van der Waals surface area contributed by atoms with Gasteiger partial charge in [0.25, 0.3) is 0 Å². The fourth-order valence-electron chi connectivity index (χ4n) is 2.46. The Bertz CT molecular complexity index is 760. The van der Waals surface area contributed by atoms with Crippen LogP contribution in [0.15, 0.2) is 12.5 Å². The molecule has 9 heteroatoms. The monoisotopic (exact) mass is 332 g/mol. The van der Waals surface area contributed by atoms with E-state index in [-0.39, 0.29) is 23.5 Å². The summed E-state index contributed by atoms with van der Waals surface area (Å²) in [4.78, 5) is 29.8. The van der Waals surface area contributed by atoms with E-state index in [1.807, 2.05) is 20.8 Å². The lowest BCUT2D eigenvalue weighted by Gasteiger charge is -2.24. The van der Waals surface area contributed by atoms with Crippen LogP contribution < -0.4 is 5.32 Å². The van der Waals surface area contributed by atoms with Crippen molar-refractivity contribution in [2.24, 2.45) is 0 Å². The molecule has 0 saturated carbocycles. The van der Waals surface area contributed by atoms with E-state index in [0.717, 1.165) is 6.42 Å². The molecule has 0 bridgehead atoms. The summed E-state index contributed by atoms with van der Waals surface area (Å²) in [6.45, 7) is 6.64. The van der Waals surface area contributed by atoms with Gasteiger partial charge >= 0.3 is 6.09 Å². The average Bonchev–Trinajstić information content (AvgIpc) is 2.95. The number of amides is 1. The molecule has 0 radical (unpaired) electrons. The van der Waals surface area contributed by atoms with Crippen molar-refractivity contribution in [2.45, 2.75) is 38.8 Å². The first-order chi connectivity index (χ1) is 11.3. The van der Waals surface area contributed by atoms with Crippen molar-refractivity contribution in [1.29, 1.82) is 0 Å². The van der Waals surface area contributed by atoms with Crippen molar-refractivity contribution in [1.82, 2.24) is 24.8 Å². The van der Waals surface area contributed by atoms with Crippen LogP contribution in [0.4, 0.5) is 10.7 Å². The Kier molecular flexibility index (Phi) is 4.08. The van der Waals surface area contributed by atoms with E-state index in [2.05, 4.69) is 25.3 Å². The molecule has 1 amide bonds. The Balaban J connectivity index is 1.65. The van der Waals surface area contributed by atoms with Crippen LogP contribution in [0.1, 0.15) is 27.2 Å². The van der Waals surface area contributed by atoms with Gasteiger partial charge in [-0.15, -0.1) is 0 Å². The molecule has 1 atom stereocenters. The van der Waals surface area contributed by atoms with Gasteiger partial charge in [0.2, 0.25) is 11.8 Å². The number of rotatable bonds is 2. The molecule has 9 nitrogen and oxygen atoms in total. The van der Waals surface area contributed by atoms with Crippen molar-refractivity contribution < 1.29 is 14.6 Å². The summed E-state index contributed by atoms with van der Waals surface area (Å²) in [6, 6.07) is 0.0155. The number of fused-ring (bicyclic) bond motifs is 1. The molecule has 2 aromatic rings. The Hall–Kier alpha value is -2.71. The maximum absolute atomic E-state index is 12.1. The van der Waals surface area contributed by atoms with Gasteiger partial charge in [0.05, 0.1) is 6.20 Å². The van der Waals surface area contributed by atoms with Gasteiger partial charge < -0.3 is 20.1 Å². The smallest absolute Gasteiger partial charge is 0.410 e. The summed E-state index contributed by atoms with van der Waals surface area (Å²) in [5.74, 6) is 0.177. The maximum atomic E-state index is 12.1. The van der Waals surface area contributed by atoms with E-state index < -0.39 is 5.60 Å². The van der Waals surface area contributed by atoms with Crippen LogP contribution in [0, 0.1) is 0 Å². The lowest BCUT2D eigenvalue weighted by molar-refractivity contribution is 0.0293. The highest BCUT2D eigenvalue weighted by Crippen LogP contribution is 2.20. The number of anilines is 1. The van der Waals surface area contributed by atoms with Gasteiger partial charge in [-0.25, -0.2) is 24.7 Å². The number of ether oxygens (including phenoxy) is 1. The largest absolute Gasteiger partial charge is 0.492 e. The molecule has 2 N–H and O–H groups in total. The molecular formula is C15H20N6O3. The molecule has 24 heavy (non-hydrogen) atoms. The lowest BCUT2D eigenvalue weighted by Crippen LogP contribution is -2.36. The predicted octanol–water partition coefficient (Wildman–Crippen LogP) is 1.55. The summed E-state index contributed by atoms with van der Waals surface area (Å²) in [5, 5.41) is 12.9. The van der Waals surface area contributed by atoms with E-state index in [4.69, 9.17) is 4.74 Å². The molecular weight excluding hydrogens is 312 g/mol. The lowest BCUT2D eigenvalue weighted by atomic mass is 10.2. The third kappa shape index (κ3) is 3.61. The fraction of sp³-hybridized carbons (Fsp3) is 0.533. The molecule has 1 unspecified atom stereocenters. The molecule has 1 saturated heterocycles. The number of carbonyl (C=O) groups is 1. The topological polar surface area (TPSA) is 113 Å². The number of nitrogens with zero attached hydrogens (tertiary/aromatic N) is 5. The van der Waals surface area contributed by atoms with Gasteiger partial charge in [-0.3, -0.25) is 0 Å².